The van der Waals surface area contributed by atoms with Gasteiger partial charge < -0.3 is 14.4 Å². The van der Waals surface area contributed by atoms with Crippen molar-refractivity contribution in [2.75, 3.05) is 33.9 Å². The molecular weight excluding hydrogens is 374 g/mol. The lowest BCUT2D eigenvalue weighted by atomic mass is 9.85. The summed E-state index contributed by atoms with van der Waals surface area (Å²) in [5, 5.41) is 0. The quantitative estimate of drug-likeness (QED) is 0.545. The molecule has 0 aliphatic heterocycles. The van der Waals surface area contributed by atoms with Crippen LogP contribution in [0.2, 0.25) is 0 Å². The van der Waals surface area contributed by atoms with E-state index in [1.54, 1.807) is 0 Å². The second-order valence-electron chi connectivity index (χ2n) is 7.18. The molecule has 1 unspecified atom stereocenters. The molecule has 0 fully saturated rings. The number of likely N-dealkylation sites (N-methyl/N-ethyl adjacent to an activating group) is 1. The van der Waals surface area contributed by atoms with Crippen LogP contribution >= 0.6 is 12.4 Å². The van der Waals surface area contributed by atoms with E-state index >= 15 is 0 Å². The topological polar surface area (TPSA) is 38.8 Å². The fraction of sp³-hybridized carbons (Fsp3) is 0.435. The molecule has 1 atom stereocenters. The van der Waals surface area contributed by atoms with E-state index in [9.17, 15) is 4.79 Å². The molecule has 0 saturated heterocycles. The van der Waals surface area contributed by atoms with Crippen molar-refractivity contribution in [2.24, 2.45) is 5.92 Å². The van der Waals surface area contributed by atoms with Crippen molar-refractivity contribution in [3.05, 3.63) is 71.8 Å². The fourth-order valence-corrected chi connectivity index (χ4v) is 2.78. The molecule has 5 heteroatoms. The molecule has 2 aromatic rings. The van der Waals surface area contributed by atoms with Gasteiger partial charge in [0.15, 0.2) is 0 Å². The largest absolute Gasteiger partial charge is 0.462 e. The zero-order chi connectivity index (χ0) is 19.7. The van der Waals surface area contributed by atoms with Gasteiger partial charge in [0.2, 0.25) is 5.60 Å². The minimum Gasteiger partial charge on any atom is -0.462 e. The van der Waals surface area contributed by atoms with Gasteiger partial charge in [0.25, 0.3) is 0 Å². The second kappa shape index (κ2) is 11.8. The minimum absolute atomic E-state index is 0. The molecule has 154 valence electrons. The van der Waals surface area contributed by atoms with Gasteiger partial charge in [0.1, 0.15) is 6.61 Å². The van der Waals surface area contributed by atoms with Crippen molar-refractivity contribution in [3.63, 3.8) is 0 Å². The number of carbonyl (C=O) groups is 1. The first-order valence-corrected chi connectivity index (χ1v) is 9.57. The number of esters is 1. The molecule has 4 nitrogen and oxygen atoms in total. The SMILES string of the molecule is CCC(C)COC(C(=O)OCCN(C)C)(c1ccccc1)c1ccccc1.Cl. The van der Waals surface area contributed by atoms with E-state index in [2.05, 4.69) is 13.8 Å². The monoisotopic (exact) mass is 405 g/mol. The van der Waals surface area contributed by atoms with E-state index in [4.69, 9.17) is 9.47 Å². The summed E-state index contributed by atoms with van der Waals surface area (Å²) >= 11 is 0. The summed E-state index contributed by atoms with van der Waals surface area (Å²) in [4.78, 5) is 15.4. The third-order valence-corrected chi connectivity index (χ3v) is 4.70. The number of benzene rings is 2. The van der Waals surface area contributed by atoms with Crippen LogP contribution in [-0.4, -0.2) is 44.7 Å². The fourth-order valence-electron chi connectivity index (χ4n) is 2.78. The van der Waals surface area contributed by atoms with Crippen LogP contribution in [0, 0.1) is 5.92 Å². The van der Waals surface area contributed by atoms with Gasteiger partial charge in [0, 0.05) is 6.54 Å². The van der Waals surface area contributed by atoms with Crippen LogP contribution in [0.4, 0.5) is 0 Å². The van der Waals surface area contributed by atoms with E-state index < -0.39 is 5.60 Å². The van der Waals surface area contributed by atoms with Crippen molar-refractivity contribution >= 4 is 18.4 Å². The Labute approximate surface area is 175 Å². The zero-order valence-electron chi connectivity index (χ0n) is 17.3. The molecule has 2 aromatic carbocycles. The lowest BCUT2D eigenvalue weighted by Gasteiger charge is -2.33. The molecule has 0 amide bonds. The van der Waals surface area contributed by atoms with E-state index in [0.29, 0.717) is 25.7 Å². The smallest absolute Gasteiger partial charge is 0.347 e. The van der Waals surface area contributed by atoms with Gasteiger partial charge in [-0.3, -0.25) is 0 Å². The number of hydrogen-bond acceptors (Lipinski definition) is 4. The molecule has 0 saturated carbocycles. The Hall–Kier alpha value is -1.88. The number of halogens is 1. The lowest BCUT2D eigenvalue weighted by molar-refractivity contribution is -0.170. The van der Waals surface area contributed by atoms with Crippen LogP contribution in [0.1, 0.15) is 31.4 Å². The van der Waals surface area contributed by atoms with Crippen LogP contribution in [0.15, 0.2) is 60.7 Å². The average molecular weight is 406 g/mol. The van der Waals surface area contributed by atoms with Gasteiger partial charge in [-0.15, -0.1) is 12.4 Å². The average Bonchev–Trinajstić information content (AvgIpc) is 2.69. The first-order valence-electron chi connectivity index (χ1n) is 9.57. The van der Waals surface area contributed by atoms with E-state index in [1.165, 1.54) is 0 Å². The predicted octanol–water partition coefficient (Wildman–Crippen LogP) is 4.52. The standard InChI is InChI=1S/C23H31NO3.ClH/c1-5-19(2)18-27-23(20-12-8-6-9-13-20,21-14-10-7-11-15-21)22(25)26-17-16-24(3)4;/h6-15,19H,5,16-18H2,1-4H3;1H. The van der Waals surface area contributed by atoms with Gasteiger partial charge in [-0.05, 0) is 31.1 Å². The van der Waals surface area contributed by atoms with Gasteiger partial charge >= 0.3 is 5.97 Å². The highest BCUT2D eigenvalue weighted by atomic mass is 35.5. The molecule has 0 aliphatic carbocycles. The molecular formula is C23H32ClNO3. The zero-order valence-corrected chi connectivity index (χ0v) is 18.1. The summed E-state index contributed by atoms with van der Waals surface area (Å²) in [5.74, 6) is -0.0311. The van der Waals surface area contributed by atoms with Crippen LogP contribution in [0.25, 0.3) is 0 Å². The van der Waals surface area contributed by atoms with Crippen LogP contribution in [-0.2, 0) is 19.9 Å². The first-order chi connectivity index (χ1) is 13.0. The van der Waals surface area contributed by atoms with E-state index in [0.717, 1.165) is 17.5 Å². The second-order valence-corrected chi connectivity index (χ2v) is 7.18. The summed E-state index contributed by atoms with van der Waals surface area (Å²) in [5.41, 5.74) is 0.307. The molecule has 0 bridgehead atoms. The highest BCUT2D eigenvalue weighted by molar-refractivity contribution is 5.86. The molecule has 0 heterocycles. The summed E-state index contributed by atoms with van der Waals surface area (Å²) in [6.07, 6.45) is 0.981. The Bertz CT molecular complexity index is 652. The van der Waals surface area contributed by atoms with Crippen molar-refractivity contribution in [1.82, 2.24) is 4.90 Å². The molecule has 0 spiro atoms. The maximum Gasteiger partial charge on any atom is 0.347 e. The van der Waals surface area contributed by atoms with Crippen molar-refractivity contribution in [1.29, 1.82) is 0 Å². The normalized spacial score (nSPS) is 12.3. The van der Waals surface area contributed by atoms with Gasteiger partial charge in [-0.2, -0.15) is 0 Å². The lowest BCUT2D eigenvalue weighted by Crippen LogP contribution is -2.43. The maximum atomic E-state index is 13.4. The van der Waals surface area contributed by atoms with E-state index in [-0.39, 0.29) is 18.4 Å². The number of ether oxygens (including phenoxy) is 2. The predicted molar refractivity (Wildman–Crippen MR) is 116 cm³/mol. The molecule has 0 radical (unpaired) electrons. The number of carbonyl (C=O) groups excluding carboxylic acids is 1. The van der Waals surface area contributed by atoms with Crippen LogP contribution in [0.5, 0.6) is 0 Å². The summed E-state index contributed by atoms with van der Waals surface area (Å²) in [6.45, 7) is 5.70. The summed E-state index contributed by atoms with van der Waals surface area (Å²) in [6, 6.07) is 19.3. The van der Waals surface area contributed by atoms with Gasteiger partial charge in [-0.25, -0.2) is 4.79 Å². The van der Waals surface area contributed by atoms with Crippen molar-refractivity contribution in [2.45, 2.75) is 25.9 Å². The molecule has 0 aliphatic rings. The Kier molecular flexibility index (Phi) is 10.2. The van der Waals surface area contributed by atoms with Gasteiger partial charge in [-0.1, -0.05) is 80.9 Å². The van der Waals surface area contributed by atoms with Crippen molar-refractivity contribution in [3.8, 4) is 0 Å². The summed E-state index contributed by atoms with van der Waals surface area (Å²) < 4.78 is 12.1. The first kappa shape index (κ1) is 24.2. The Morgan fingerprint density at radius 2 is 1.50 bits per heavy atom. The van der Waals surface area contributed by atoms with Crippen LogP contribution < -0.4 is 0 Å². The Morgan fingerprint density at radius 3 is 1.93 bits per heavy atom. The number of nitrogens with zero attached hydrogens (tertiary/aromatic N) is 1. The van der Waals surface area contributed by atoms with Crippen molar-refractivity contribution < 1.29 is 14.3 Å². The highest BCUT2D eigenvalue weighted by Gasteiger charge is 2.45. The highest BCUT2D eigenvalue weighted by Crippen LogP contribution is 2.36. The van der Waals surface area contributed by atoms with Gasteiger partial charge in [0.05, 0.1) is 6.61 Å². The number of hydrogen-bond donors (Lipinski definition) is 0. The Morgan fingerprint density at radius 1 is 1.00 bits per heavy atom. The molecule has 0 N–H and O–H groups in total. The molecule has 28 heavy (non-hydrogen) atoms. The third kappa shape index (κ3) is 6.06. The Balaban J connectivity index is 0.00000392. The number of rotatable bonds is 10. The maximum absolute atomic E-state index is 13.4. The van der Waals surface area contributed by atoms with Crippen LogP contribution in [0.3, 0.4) is 0 Å². The van der Waals surface area contributed by atoms with E-state index in [1.807, 2.05) is 79.7 Å². The third-order valence-electron chi connectivity index (χ3n) is 4.70. The minimum atomic E-state index is -1.27. The molecule has 0 aromatic heterocycles. The molecule has 2 rings (SSSR count). The summed E-state index contributed by atoms with van der Waals surface area (Å²) in [7, 11) is 3.91.